The summed E-state index contributed by atoms with van der Waals surface area (Å²) in [6.45, 7) is 0.419. The standard InChI is InChI=1S/C16H14ClFN4OS3/c1-24-15-12(16(25-2)26-21-15)14(23)19-13-11(17)8-22(20-13)7-9-3-5-10(18)6-4-9/h3-6,8H,7H2,1-2H3,(H,19,20,23). The summed E-state index contributed by atoms with van der Waals surface area (Å²) < 4.78 is 19.7. The highest BCUT2D eigenvalue weighted by atomic mass is 35.5. The van der Waals surface area contributed by atoms with E-state index in [0.717, 1.165) is 9.77 Å². The van der Waals surface area contributed by atoms with Gasteiger partial charge in [0.25, 0.3) is 5.91 Å². The number of carbonyl (C=O) groups is 1. The SMILES string of the molecule is CSc1nsc(SC)c1C(=O)Nc1nn(Cc2ccc(F)cc2)cc1Cl. The zero-order valence-corrected chi connectivity index (χ0v) is 17.0. The minimum Gasteiger partial charge on any atom is -0.304 e. The average Bonchev–Trinajstić information content (AvgIpc) is 3.20. The molecular formula is C16H14ClFN4OS3. The van der Waals surface area contributed by atoms with Crippen LogP contribution < -0.4 is 5.32 Å². The zero-order chi connectivity index (χ0) is 18.7. The molecule has 0 aliphatic rings. The van der Waals surface area contributed by atoms with Crippen LogP contribution in [0.5, 0.6) is 0 Å². The molecule has 136 valence electrons. The number of amides is 1. The second-order valence-electron chi connectivity index (χ2n) is 5.16. The van der Waals surface area contributed by atoms with Gasteiger partial charge in [-0.25, -0.2) is 4.39 Å². The molecule has 0 aliphatic heterocycles. The lowest BCUT2D eigenvalue weighted by molar-refractivity contribution is 0.102. The molecule has 0 fully saturated rings. The molecule has 0 unspecified atom stereocenters. The molecule has 1 N–H and O–H groups in total. The third-order valence-corrected chi connectivity index (χ3v) is 6.46. The lowest BCUT2D eigenvalue weighted by Gasteiger charge is -2.04. The molecule has 2 aromatic heterocycles. The van der Waals surface area contributed by atoms with Crippen LogP contribution in [0.4, 0.5) is 10.2 Å². The van der Waals surface area contributed by atoms with Crippen LogP contribution >= 0.6 is 46.7 Å². The van der Waals surface area contributed by atoms with E-state index in [1.807, 2.05) is 12.5 Å². The first-order valence-electron chi connectivity index (χ1n) is 7.38. The van der Waals surface area contributed by atoms with Gasteiger partial charge in [-0.3, -0.25) is 9.48 Å². The monoisotopic (exact) mass is 428 g/mol. The maximum absolute atomic E-state index is 13.0. The zero-order valence-electron chi connectivity index (χ0n) is 13.8. The normalized spacial score (nSPS) is 10.9. The topological polar surface area (TPSA) is 59.8 Å². The molecule has 26 heavy (non-hydrogen) atoms. The Morgan fingerprint density at radius 2 is 2.04 bits per heavy atom. The molecule has 5 nitrogen and oxygen atoms in total. The summed E-state index contributed by atoms with van der Waals surface area (Å²) in [5.41, 5.74) is 1.42. The van der Waals surface area contributed by atoms with Gasteiger partial charge in [-0.1, -0.05) is 23.7 Å². The summed E-state index contributed by atoms with van der Waals surface area (Å²) in [6, 6.07) is 6.13. The molecule has 3 aromatic rings. The quantitative estimate of drug-likeness (QED) is 0.567. The molecule has 0 saturated heterocycles. The summed E-state index contributed by atoms with van der Waals surface area (Å²) in [6.07, 6.45) is 5.40. The third kappa shape index (κ3) is 4.22. The first-order chi connectivity index (χ1) is 12.5. The fraction of sp³-hybridized carbons (Fsp3) is 0.188. The number of anilines is 1. The summed E-state index contributed by atoms with van der Waals surface area (Å²) in [7, 11) is 0. The fourth-order valence-corrected chi connectivity index (χ4v) is 4.72. The lowest BCUT2D eigenvalue weighted by Crippen LogP contribution is -2.14. The number of halogens is 2. The number of thioether (sulfide) groups is 2. The van der Waals surface area contributed by atoms with Gasteiger partial charge in [0.1, 0.15) is 15.9 Å². The van der Waals surface area contributed by atoms with E-state index in [-0.39, 0.29) is 17.5 Å². The number of hydrogen-bond acceptors (Lipinski definition) is 6. The molecule has 0 bridgehead atoms. The molecular weight excluding hydrogens is 415 g/mol. The molecule has 1 amide bonds. The van der Waals surface area contributed by atoms with Crippen molar-refractivity contribution < 1.29 is 9.18 Å². The summed E-state index contributed by atoms with van der Waals surface area (Å²) in [5.74, 6) is -0.302. The molecule has 1 aromatic carbocycles. The van der Waals surface area contributed by atoms with Crippen LogP contribution in [0.25, 0.3) is 0 Å². The van der Waals surface area contributed by atoms with E-state index in [0.29, 0.717) is 22.2 Å². The van der Waals surface area contributed by atoms with Crippen LogP contribution in [-0.4, -0.2) is 32.6 Å². The number of aromatic nitrogens is 3. The van der Waals surface area contributed by atoms with Gasteiger partial charge in [-0.2, -0.15) is 9.47 Å². The number of nitrogens with zero attached hydrogens (tertiary/aromatic N) is 3. The van der Waals surface area contributed by atoms with Crippen molar-refractivity contribution in [2.24, 2.45) is 0 Å². The van der Waals surface area contributed by atoms with Gasteiger partial charge in [-0.15, -0.1) is 23.5 Å². The van der Waals surface area contributed by atoms with Crippen LogP contribution in [0.2, 0.25) is 5.02 Å². The highest BCUT2D eigenvalue weighted by molar-refractivity contribution is 8.01. The highest BCUT2D eigenvalue weighted by Crippen LogP contribution is 2.33. The Bertz CT molecular complexity index is 905. The molecule has 0 aliphatic carbocycles. The molecule has 3 rings (SSSR count). The Kier molecular flexibility index (Phi) is 6.23. The van der Waals surface area contributed by atoms with Crippen LogP contribution in [0.1, 0.15) is 15.9 Å². The number of carbonyl (C=O) groups excluding carboxylic acids is 1. The van der Waals surface area contributed by atoms with Crippen molar-refractivity contribution in [2.45, 2.75) is 15.8 Å². The predicted octanol–water partition coefficient (Wildman–Crippen LogP) is 4.88. The van der Waals surface area contributed by atoms with Crippen LogP contribution in [-0.2, 0) is 6.54 Å². The van der Waals surface area contributed by atoms with Crippen molar-refractivity contribution in [2.75, 3.05) is 17.8 Å². The number of hydrogen-bond donors (Lipinski definition) is 1. The Morgan fingerprint density at radius 1 is 1.31 bits per heavy atom. The maximum atomic E-state index is 13.0. The van der Waals surface area contributed by atoms with E-state index in [9.17, 15) is 9.18 Å². The van der Waals surface area contributed by atoms with Crippen molar-refractivity contribution >= 4 is 58.4 Å². The minimum atomic E-state index is -0.293. The Balaban J connectivity index is 1.78. The Hall–Kier alpha value is -1.55. The van der Waals surface area contributed by atoms with Gasteiger partial charge in [0.15, 0.2) is 5.82 Å². The highest BCUT2D eigenvalue weighted by Gasteiger charge is 2.22. The van der Waals surface area contributed by atoms with E-state index in [4.69, 9.17) is 11.6 Å². The van der Waals surface area contributed by atoms with Crippen molar-refractivity contribution in [1.82, 2.24) is 14.2 Å². The molecule has 10 heteroatoms. The Morgan fingerprint density at radius 3 is 2.69 bits per heavy atom. The van der Waals surface area contributed by atoms with Gasteiger partial charge in [0, 0.05) is 6.20 Å². The van der Waals surface area contributed by atoms with Gasteiger partial charge < -0.3 is 5.32 Å². The number of rotatable bonds is 6. The third-order valence-electron chi connectivity index (χ3n) is 3.44. The second-order valence-corrected chi connectivity index (χ2v) is 8.21. The van der Waals surface area contributed by atoms with Crippen molar-refractivity contribution in [3.8, 4) is 0 Å². The second kappa shape index (κ2) is 8.43. The van der Waals surface area contributed by atoms with Gasteiger partial charge >= 0.3 is 0 Å². The first-order valence-corrected chi connectivity index (χ1v) is 11.0. The summed E-state index contributed by atoms with van der Waals surface area (Å²) in [4.78, 5) is 12.7. The van der Waals surface area contributed by atoms with E-state index in [2.05, 4.69) is 14.8 Å². The van der Waals surface area contributed by atoms with Gasteiger partial charge in [0.05, 0.1) is 16.3 Å². The maximum Gasteiger partial charge on any atom is 0.261 e. The molecule has 0 radical (unpaired) electrons. The molecule has 0 saturated carbocycles. The lowest BCUT2D eigenvalue weighted by atomic mass is 10.2. The number of benzene rings is 1. The van der Waals surface area contributed by atoms with Gasteiger partial charge in [0.2, 0.25) is 0 Å². The first kappa shape index (κ1) is 19.2. The van der Waals surface area contributed by atoms with E-state index in [1.165, 1.54) is 47.2 Å². The molecule has 0 atom stereocenters. The summed E-state index contributed by atoms with van der Waals surface area (Å²) >= 11 is 10.4. The van der Waals surface area contributed by atoms with E-state index in [1.54, 1.807) is 23.0 Å². The number of nitrogens with one attached hydrogen (secondary N) is 1. The van der Waals surface area contributed by atoms with Crippen molar-refractivity contribution in [3.63, 3.8) is 0 Å². The van der Waals surface area contributed by atoms with Crippen molar-refractivity contribution in [3.05, 3.63) is 52.4 Å². The Labute approximate surface area is 167 Å². The minimum absolute atomic E-state index is 0.282. The van der Waals surface area contributed by atoms with Crippen LogP contribution in [0.15, 0.2) is 39.7 Å². The van der Waals surface area contributed by atoms with Crippen LogP contribution in [0, 0.1) is 5.82 Å². The smallest absolute Gasteiger partial charge is 0.261 e. The molecule has 2 heterocycles. The average molecular weight is 429 g/mol. The van der Waals surface area contributed by atoms with Gasteiger partial charge in [-0.05, 0) is 41.7 Å². The van der Waals surface area contributed by atoms with E-state index < -0.39 is 0 Å². The fourth-order valence-electron chi connectivity index (χ4n) is 2.24. The van der Waals surface area contributed by atoms with E-state index >= 15 is 0 Å². The van der Waals surface area contributed by atoms with Crippen LogP contribution in [0.3, 0.4) is 0 Å². The van der Waals surface area contributed by atoms with Crippen molar-refractivity contribution in [1.29, 1.82) is 0 Å². The summed E-state index contributed by atoms with van der Waals surface area (Å²) in [5, 5.41) is 8.08. The molecule has 0 spiro atoms. The predicted molar refractivity (Wildman–Crippen MR) is 106 cm³/mol. The largest absolute Gasteiger partial charge is 0.304 e.